The molecule has 0 bridgehead atoms. The highest BCUT2D eigenvalue weighted by atomic mass is 32.1. The Morgan fingerprint density at radius 2 is 1.97 bits per heavy atom. The van der Waals surface area contributed by atoms with Gasteiger partial charge in [-0.1, -0.05) is 18.2 Å². The highest BCUT2D eigenvalue weighted by Crippen LogP contribution is 2.35. The Morgan fingerprint density at radius 3 is 2.75 bits per heavy atom. The van der Waals surface area contributed by atoms with E-state index in [-0.39, 0.29) is 36.8 Å². The maximum Gasteiger partial charge on any atom is 0.258 e. The minimum atomic E-state index is -0.370. The van der Waals surface area contributed by atoms with Gasteiger partial charge in [-0.25, -0.2) is 4.39 Å². The fourth-order valence-corrected chi connectivity index (χ4v) is 5.61. The summed E-state index contributed by atoms with van der Waals surface area (Å²) in [5.74, 6) is 0.654. The first-order valence-electron chi connectivity index (χ1n) is 12.2. The molecule has 36 heavy (non-hydrogen) atoms. The molecule has 0 spiro atoms. The number of nitrogens with zero attached hydrogens (tertiary/aromatic N) is 2. The van der Waals surface area contributed by atoms with E-state index >= 15 is 0 Å². The predicted octanol–water partition coefficient (Wildman–Crippen LogP) is 4.95. The van der Waals surface area contributed by atoms with Gasteiger partial charge < -0.3 is 19.3 Å². The molecule has 2 aromatic carbocycles. The summed E-state index contributed by atoms with van der Waals surface area (Å²) in [4.78, 5) is 31.9. The summed E-state index contributed by atoms with van der Waals surface area (Å²) in [6.07, 6.45) is 2.89. The summed E-state index contributed by atoms with van der Waals surface area (Å²) >= 11 is 1.67. The van der Waals surface area contributed by atoms with Crippen molar-refractivity contribution >= 4 is 23.2 Å². The van der Waals surface area contributed by atoms with Crippen LogP contribution in [0.25, 0.3) is 0 Å². The number of ether oxygens (including phenoxy) is 2. The second-order valence-electron chi connectivity index (χ2n) is 9.25. The highest BCUT2D eigenvalue weighted by Gasteiger charge is 2.35. The van der Waals surface area contributed by atoms with Crippen molar-refractivity contribution in [1.82, 2.24) is 9.80 Å². The van der Waals surface area contributed by atoms with Gasteiger partial charge in [0.15, 0.2) is 0 Å². The molecule has 0 radical (unpaired) electrons. The van der Waals surface area contributed by atoms with Crippen molar-refractivity contribution in [3.8, 4) is 11.5 Å². The van der Waals surface area contributed by atoms with E-state index in [0.29, 0.717) is 36.1 Å². The van der Waals surface area contributed by atoms with Crippen molar-refractivity contribution < 1.29 is 23.5 Å². The zero-order valence-corrected chi connectivity index (χ0v) is 21.0. The fourth-order valence-electron chi connectivity index (χ4n) is 4.68. The SMILES string of the molecule is COc1ccccc1C(=O)N(CC(=O)N1CCc2sccc2[C@@H]1COc1cccc(F)c1)CC1CC1. The Bertz CT molecular complexity index is 1240. The summed E-state index contributed by atoms with van der Waals surface area (Å²) in [6, 6.07) is 14.9. The van der Waals surface area contributed by atoms with Crippen LogP contribution in [0.1, 0.15) is 39.7 Å². The van der Waals surface area contributed by atoms with Crippen LogP contribution < -0.4 is 9.47 Å². The third-order valence-electron chi connectivity index (χ3n) is 6.75. The number of thiophene rings is 1. The molecule has 2 amide bonds. The van der Waals surface area contributed by atoms with Crippen LogP contribution >= 0.6 is 11.3 Å². The van der Waals surface area contributed by atoms with Crippen LogP contribution in [-0.2, 0) is 11.2 Å². The van der Waals surface area contributed by atoms with Gasteiger partial charge in [0.1, 0.15) is 30.5 Å². The topological polar surface area (TPSA) is 59.1 Å². The average molecular weight is 509 g/mol. The van der Waals surface area contributed by atoms with Gasteiger partial charge in [-0.2, -0.15) is 0 Å². The normalized spacial score (nSPS) is 16.8. The van der Waals surface area contributed by atoms with E-state index < -0.39 is 0 Å². The minimum Gasteiger partial charge on any atom is -0.496 e. The first kappa shape index (κ1) is 24.3. The van der Waals surface area contributed by atoms with Gasteiger partial charge in [0, 0.05) is 24.0 Å². The van der Waals surface area contributed by atoms with Crippen molar-refractivity contribution in [2.75, 3.05) is 33.4 Å². The number of halogens is 1. The van der Waals surface area contributed by atoms with Crippen LogP contribution in [0.5, 0.6) is 11.5 Å². The molecule has 5 rings (SSSR count). The van der Waals surface area contributed by atoms with Crippen LogP contribution in [0.3, 0.4) is 0 Å². The van der Waals surface area contributed by atoms with Crippen molar-refractivity contribution in [2.45, 2.75) is 25.3 Å². The lowest BCUT2D eigenvalue weighted by Gasteiger charge is -2.37. The van der Waals surface area contributed by atoms with Crippen LogP contribution in [0.15, 0.2) is 60.0 Å². The number of hydrogen-bond donors (Lipinski definition) is 0. The number of benzene rings is 2. The fraction of sp³-hybridized carbons (Fsp3) is 0.357. The van der Waals surface area contributed by atoms with E-state index in [1.165, 1.54) is 24.1 Å². The van der Waals surface area contributed by atoms with E-state index in [1.807, 2.05) is 22.4 Å². The molecule has 0 saturated heterocycles. The molecular weight excluding hydrogens is 479 g/mol. The van der Waals surface area contributed by atoms with E-state index in [1.54, 1.807) is 46.6 Å². The number of methoxy groups -OCH3 is 1. The van der Waals surface area contributed by atoms with Gasteiger partial charge in [0.25, 0.3) is 5.91 Å². The molecule has 8 heteroatoms. The number of fused-ring (bicyclic) bond motifs is 1. The Hall–Kier alpha value is -3.39. The number of hydrogen-bond acceptors (Lipinski definition) is 5. The Morgan fingerprint density at radius 1 is 1.14 bits per heavy atom. The highest BCUT2D eigenvalue weighted by molar-refractivity contribution is 7.10. The molecule has 0 N–H and O–H groups in total. The summed E-state index contributed by atoms with van der Waals surface area (Å²) in [7, 11) is 1.54. The Labute approximate surface area is 214 Å². The first-order valence-corrected chi connectivity index (χ1v) is 13.1. The minimum absolute atomic E-state index is 0.0106. The van der Waals surface area contributed by atoms with Crippen LogP contribution in [0.2, 0.25) is 0 Å². The molecule has 2 aliphatic rings. The maximum atomic E-state index is 13.7. The lowest BCUT2D eigenvalue weighted by Crippen LogP contribution is -2.48. The summed E-state index contributed by atoms with van der Waals surface area (Å²) in [6.45, 7) is 1.29. The van der Waals surface area contributed by atoms with Gasteiger partial charge in [0.2, 0.25) is 5.91 Å². The van der Waals surface area contributed by atoms with Gasteiger partial charge in [-0.05, 0) is 66.5 Å². The molecule has 188 valence electrons. The zero-order chi connectivity index (χ0) is 25.1. The number of rotatable bonds is 9. The van der Waals surface area contributed by atoms with Crippen molar-refractivity contribution in [3.05, 3.63) is 81.8 Å². The molecule has 6 nitrogen and oxygen atoms in total. The van der Waals surface area contributed by atoms with Crippen LogP contribution in [0.4, 0.5) is 4.39 Å². The monoisotopic (exact) mass is 508 g/mol. The van der Waals surface area contributed by atoms with Crippen LogP contribution in [0, 0.1) is 11.7 Å². The van der Waals surface area contributed by atoms with E-state index in [4.69, 9.17) is 9.47 Å². The predicted molar refractivity (Wildman–Crippen MR) is 136 cm³/mol. The largest absolute Gasteiger partial charge is 0.496 e. The third-order valence-corrected chi connectivity index (χ3v) is 7.74. The molecule has 1 aliphatic heterocycles. The molecule has 3 aromatic rings. The van der Waals surface area contributed by atoms with Crippen molar-refractivity contribution in [2.24, 2.45) is 5.92 Å². The number of carbonyl (C=O) groups is 2. The number of para-hydroxylation sites is 1. The molecule has 1 saturated carbocycles. The summed E-state index contributed by atoms with van der Waals surface area (Å²) in [5.41, 5.74) is 1.51. The Kier molecular flexibility index (Phi) is 7.23. The average Bonchev–Trinajstić information content (AvgIpc) is 3.58. The zero-order valence-electron chi connectivity index (χ0n) is 20.2. The molecule has 1 fully saturated rings. The van der Waals surface area contributed by atoms with Crippen LogP contribution in [-0.4, -0.2) is 55.0 Å². The molecule has 2 heterocycles. The lowest BCUT2D eigenvalue weighted by atomic mass is 10.00. The first-order chi connectivity index (χ1) is 17.5. The number of amides is 2. The van der Waals surface area contributed by atoms with E-state index in [2.05, 4.69) is 0 Å². The molecular formula is C28H29FN2O4S. The molecule has 0 unspecified atom stereocenters. The van der Waals surface area contributed by atoms with Gasteiger partial charge in [-0.3, -0.25) is 9.59 Å². The molecule has 1 aromatic heterocycles. The molecule has 1 atom stereocenters. The quantitative estimate of drug-likeness (QED) is 0.410. The Balaban J connectivity index is 1.35. The second-order valence-corrected chi connectivity index (χ2v) is 10.3. The standard InChI is InChI=1S/C28H29FN2O4S/c1-34-25-8-3-2-7-23(25)28(33)30(16-19-9-10-19)17-27(32)31-13-11-26-22(12-14-36-26)24(31)18-35-21-6-4-5-20(29)15-21/h2-8,12,14-15,19,24H,9-11,13,16-18H2,1H3/t24-/m0/s1. The smallest absolute Gasteiger partial charge is 0.258 e. The second kappa shape index (κ2) is 10.7. The van der Waals surface area contributed by atoms with Gasteiger partial charge in [0.05, 0.1) is 18.7 Å². The third kappa shape index (κ3) is 5.38. The van der Waals surface area contributed by atoms with E-state index in [0.717, 1.165) is 24.8 Å². The molecule has 1 aliphatic carbocycles. The van der Waals surface area contributed by atoms with Crippen molar-refractivity contribution in [3.63, 3.8) is 0 Å². The lowest BCUT2D eigenvalue weighted by molar-refractivity contribution is -0.135. The summed E-state index contributed by atoms with van der Waals surface area (Å²) in [5, 5.41) is 2.03. The van der Waals surface area contributed by atoms with E-state index in [9.17, 15) is 14.0 Å². The van der Waals surface area contributed by atoms with Gasteiger partial charge in [-0.15, -0.1) is 11.3 Å². The number of carbonyl (C=O) groups excluding carboxylic acids is 2. The summed E-state index contributed by atoms with van der Waals surface area (Å²) < 4.78 is 25.0. The maximum absolute atomic E-state index is 13.7. The van der Waals surface area contributed by atoms with Crippen molar-refractivity contribution in [1.29, 1.82) is 0 Å². The van der Waals surface area contributed by atoms with Gasteiger partial charge >= 0.3 is 0 Å².